The van der Waals surface area contributed by atoms with Crippen LogP contribution >= 0.6 is 12.0 Å². The Balaban J connectivity index is 2.66. The van der Waals surface area contributed by atoms with E-state index in [0.717, 1.165) is 0 Å². The number of hydrogen-bond donors (Lipinski definition) is 4. The van der Waals surface area contributed by atoms with Crippen molar-refractivity contribution in [2.75, 3.05) is 5.32 Å². The fourth-order valence-corrected chi connectivity index (χ4v) is 3.20. The van der Waals surface area contributed by atoms with Crippen molar-refractivity contribution in [3.63, 3.8) is 0 Å². The Morgan fingerprint density at radius 2 is 1.91 bits per heavy atom. The van der Waals surface area contributed by atoms with E-state index in [1.54, 1.807) is 0 Å². The van der Waals surface area contributed by atoms with Gasteiger partial charge in [-0.05, 0) is 43.5 Å². The maximum atomic E-state index is 11.6. The molecule has 4 N–H and O–H groups in total. The minimum atomic E-state index is -4.46. The van der Waals surface area contributed by atoms with Crippen molar-refractivity contribution in [3.05, 3.63) is 24.3 Å². The second-order valence-electron chi connectivity index (χ2n) is 5.01. The summed E-state index contributed by atoms with van der Waals surface area (Å²) in [7, 11) is -4.46. The van der Waals surface area contributed by atoms with Gasteiger partial charge in [0.2, 0.25) is 0 Å². The Kier molecular flexibility index (Phi) is 5.34. The molecule has 0 atom stereocenters. The molecule has 0 heterocycles. The summed E-state index contributed by atoms with van der Waals surface area (Å²) in [6, 6.07) is 5.45. The number of fused-ring (bicyclic) bond motifs is 1. The molecule has 0 aliphatic rings. The molecule has 0 unspecified atom stereocenters. The summed E-state index contributed by atoms with van der Waals surface area (Å²) >= 11 is 0.618. The second-order valence-corrected chi connectivity index (χ2v) is 7.18. The molecule has 0 saturated heterocycles. The first-order valence-electron chi connectivity index (χ1n) is 6.42. The lowest BCUT2D eigenvalue weighted by molar-refractivity contribution is -0.432. The molecule has 0 radical (unpaired) electrons. The molecule has 0 fully saturated rings. The Bertz CT molecular complexity index is 821. The van der Waals surface area contributed by atoms with Crippen molar-refractivity contribution in [3.8, 4) is 5.75 Å². The average Bonchev–Trinajstić information content (AvgIpc) is 2.43. The first kappa shape index (κ1) is 17.8. The monoisotopic (exact) mass is 361 g/mol. The highest BCUT2D eigenvalue weighted by Crippen LogP contribution is 2.36. The fourth-order valence-electron chi connectivity index (χ4n) is 2.08. The largest absolute Gasteiger partial charge is 0.507 e. The number of phenolic OH excluding ortho intramolecular Hbond substituents is 1. The van der Waals surface area contributed by atoms with Crippen LogP contribution in [0.4, 0.5) is 5.69 Å². The maximum Gasteiger partial charge on any atom is 0.296 e. The molecule has 0 aliphatic heterocycles. The SMILES string of the molecule is CC(C)Nc1cc2c(O)cc(SOOO)cc2cc1S(=O)(=O)O. The van der Waals surface area contributed by atoms with E-state index in [4.69, 9.17) is 5.26 Å². The topological polar surface area (TPSA) is 125 Å². The lowest BCUT2D eigenvalue weighted by atomic mass is 10.1. The number of phenols is 1. The van der Waals surface area contributed by atoms with Gasteiger partial charge in [0, 0.05) is 16.3 Å². The minimum Gasteiger partial charge on any atom is -0.507 e. The van der Waals surface area contributed by atoms with Crippen LogP contribution in [0.1, 0.15) is 13.8 Å². The molecule has 8 nitrogen and oxygen atoms in total. The molecule has 0 aromatic heterocycles. The second kappa shape index (κ2) is 6.91. The number of aromatic hydroxyl groups is 1. The summed E-state index contributed by atoms with van der Waals surface area (Å²) in [4.78, 5) is 0.0504. The summed E-state index contributed by atoms with van der Waals surface area (Å²) in [5.41, 5.74) is 0.181. The van der Waals surface area contributed by atoms with Crippen LogP contribution in [0.5, 0.6) is 5.75 Å². The van der Waals surface area contributed by atoms with E-state index in [2.05, 4.69) is 14.7 Å². The van der Waals surface area contributed by atoms with Gasteiger partial charge in [0.05, 0.1) is 17.7 Å². The molecule has 2 aromatic rings. The number of rotatable bonds is 6. The zero-order valence-corrected chi connectivity index (χ0v) is 13.8. The van der Waals surface area contributed by atoms with Gasteiger partial charge in [-0.2, -0.15) is 8.42 Å². The molecule has 0 bridgehead atoms. The minimum absolute atomic E-state index is 0.0833. The molecule has 0 aliphatic carbocycles. The first-order valence-corrected chi connectivity index (χ1v) is 8.60. The Morgan fingerprint density at radius 3 is 2.48 bits per heavy atom. The van der Waals surface area contributed by atoms with Crippen LogP contribution in [-0.4, -0.2) is 29.4 Å². The average molecular weight is 361 g/mol. The third-order valence-corrected chi connectivity index (χ3v) is 4.34. The van der Waals surface area contributed by atoms with Gasteiger partial charge in [-0.25, -0.2) is 5.26 Å². The van der Waals surface area contributed by atoms with Crippen LogP contribution in [-0.2, 0) is 19.5 Å². The highest BCUT2D eigenvalue weighted by atomic mass is 32.2. The standard InChI is InChI=1S/C13H15NO7S2/c1-7(2)14-11-6-10-8(4-13(11)23(17,18)19)3-9(5-12(10)15)22-21-20-16/h3-7,14-16H,1-2H3,(H,17,18,19). The Labute approximate surface area is 136 Å². The predicted molar refractivity (Wildman–Crippen MR) is 84.8 cm³/mol. The van der Waals surface area contributed by atoms with Gasteiger partial charge in [0.1, 0.15) is 10.6 Å². The predicted octanol–water partition coefficient (Wildman–Crippen LogP) is 3.04. The summed E-state index contributed by atoms with van der Waals surface area (Å²) in [6.07, 6.45) is 0. The summed E-state index contributed by atoms with van der Waals surface area (Å²) in [6.45, 7) is 3.62. The van der Waals surface area contributed by atoms with Crippen LogP contribution in [0.2, 0.25) is 0 Å². The molecular weight excluding hydrogens is 346 g/mol. The van der Waals surface area contributed by atoms with E-state index in [0.29, 0.717) is 27.7 Å². The van der Waals surface area contributed by atoms with Gasteiger partial charge in [-0.1, -0.05) is 5.04 Å². The highest BCUT2D eigenvalue weighted by Gasteiger charge is 2.19. The molecule has 126 valence electrons. The highest BCUT2D eigenvalue weighted by molar-refractivity contribution is 7.94. The van der Waals surface area contributed by atoms with Crippen molar-refractivity contribution in [1.29, 1.82) is 0 Å². The number of benzene rings is 2. The van der Waals surface area contributed by atoms with Crippen molar-refractivity contribution in [2.45, 2.75) is 29.7 Å². The quantitative estimate of drug-likeness (QED) is 0.266. The zero-order chi connectivity index (χ0) is 17.2. The molecule has 0 spiro atoms. The van der Waals surface area contributed by atoms with Gasteiger partial charge in [0.15, 0.2) is 0 Å². The number of anilines is 1. The molecule has 0 saturated carbocycles. The molecule has 0 amide bonds. The maximum absolute atomic E-state index is 11.6. The third kappa shape index (κ3) is 4.25. The number of hydrogen-bond acceptors (Lipinski definition) is 8. The van der Waals surface area contributed by atoms with E-state index in [9.17, 15) is 18.1 Å². The lowest BCUT2D eigenvalue weighted by Gasteiger charge is -2.15. The van der Waals surface area contributed by atoms with Crippen molar-refractivity contribution in [2.24, 2.45) is 0 Å². The van der Waals surface area contributed by atoms with Gasteiger partial charge < -0.3 is 10.4 Å². The van der Waals surface area contributed by atoms with E-state index in [1.807, 2.05) is 13.8 Å². The van der Waals surface area contributed by atoms with Crippen molar-refractivity contribution in [1.82, 2.24) is 0 Å². The normalized spacial score (nSPS) is 12.0. The van der Waals surface area contributed by atoms with E-state index in [-0.39, 0.29) is 22.4 Å². The summed E-state index contributed by atoms with van der Waals surface area (Å²) in [5, 5.41) is 25.4. The van der Waals surface area contributed by atoms with Gasteiger partial charge in [0.25, 0.3) is 10.1 Å². The van der Waals surface area contributed by atoms with Crippen LogP contribution < -0.4 is 5.32 Å². The summed E-state index contributed by atoms with van der Waals surface area (Å²) in [5.74, 6) is -0.125. The molecule has 2 rings (SSSR count). The van der Waals surface area contributed by atoms with Gasteiger partial charge in [-0.15, -0.1) is 4.33 Å². The van der Waals surface area contributed by atoms with E-state index in [1.165, 1.54) is 24.3 Å². The van der Waals surface area contributed by atoms with Crippen LogP contribution in [0.15, 0.2) is 34.1 Å². The van der Waals surface area contributed by atoms with Crippen molar-refractivity contribution >= 4 is 38.6 Å². The Hall–Kier alpha value is -1.56. The smallest absolute Gasteiger partial charge is 0.296 e. The zero-order valence-electron chi connectivity index (χ0n) is 12.2. The van der Waals surface area contributed by atoms with Crippen LogP contribution in [0.3, 0.4) is 0 Å². The fraction of sp³-hybridized carbons (Fsp3) is 0.231. The number of nitrogens with one attached hydrogen (secondary N) is 1. The van der Waals surface area contributed by atoms with E-state index < -0.39 is 10.1 Å². The summed E-state index contributed by atoms with van der Waals surface area (Å²) < 4.78 is 36.9. The van der Waals surface area contributed by atoms with Gasteiger partial charge >= 0.3 is 0 Å². The van der Waals surface area contributed by atoms with E-state index >= 15 is 0 Å². The van der Waals surface area contributed by atoms with Crippen LogP contribution in [0, 0.1) is 0 Å². The third-order valence-electron chi connectivity index (χ3n) is 2.89. The first-order chi connectivity index (χ1) is 10.7. The van der Waals surface area contributed by atoms with Crippen LogP contribution in [0.25, 0.3) is 10.8 Å². The molecular formula is C13H15NO7S2. The van der Waals surface area contributed by atoms with Gasteiger partial charge in [-0.3, -0.25) is 4.55 Å². The van der Waals surface area contributed by atoms with Crippen molar-refractivity contribution < 1.29 is 32.7 Å². The Morgan fingerprint density at radius 1 is 1.22 bits per heavy atom. The lowest BCUT2D eigenvalue weighted by Crippen LogP contribution is -2.13. The molecule has 2 aromatic carbocycles. The molecule has 23 heavy (non-hydrogen) atoms. The molecule has 10 heteroatoms.